The van der Waals surface area contributed by atoms with Gasteiger partial charge >= 0.3 is 5.97 Å². The highest BCUT2D eigenvalue weighted by atomic mass is 79.9. The Balaban J connectivity index is 2.16. The molecule has 2 aliphatic rings. The Morgan fingerprint density at radius 2 is 1.95 bits per heavy atom. The van der Waals surface area contributed by atoms with Gasteiger partial charge in [-0.3, -0.25) is 4.79 Å². The predicted octanol–water partition coefficient (Wildman–Crippen LogP) is 3.85. The topological polar surface area (TPSA) is 55.8 Å². The smallest absolute Gasteiger partial charge is 0.304 e. The molecule has 0 amide bonds. The van der Waals surface area contributed by atoms with Crippen molar-refractivity contribution in [3.8, 4) is 11.5 Å². The van der Waals surface area contributed by atoms with E-state index in [1.165, 1.54) is 0 Å². The second-order valence-corrected chi connectivity index (χ2v) is 7.03. The number of rotatable bonds is 4. The van der Waals surface area contributed by atoms with Crippen LogP contribution >= 0.6 is 15.9 Å². The molecule has 1 N–H and O–H groups in total. The molecule has 0 atom stereocenters. The summed E-state index contributed by atoms with van der Waals surface area (Å²) in [5, 5.41) is 9.22. The third kappa shape index (κ3) is 2.52. The summed E-state index contributed by atoms with van der Waals surface area (Å²) in [7, 11) is 0. The zero-order valence-electron chi connectivity index (χ0n) is 12.2. The molecule has 0 bridgehead atoms. The second-order valence-electron chi connectivity index (χ2n) is 6.18. The first-order valence-electron chi connectivity index (χ1n) is 7.29. The average Bonchev–Trinajstić information content (AvgIpc) is 3.18. The summed E-state index contributed by atoms with van der Waals surface area (Å²) in [5.74, 6) is 1.06. The summed E-state index contributed by atoms with van der Waals surface area (Å²) in [6, 6.07) is 2.04. The lowest BCUT2D eigenvalue weighted by atomic mass is 9.83. The maximum absolute atomic E-state index is 11.2. The maximum atomic E-state index is 11.2. The van der Waals surface area contributed by atoms with E-state index in [1.54, 1.807) is 0 Å². The summed E-state index contributed by atoms with van der Waals surface area (Å²) in [5.41, 5.74) is 1.98. The Morgan fingerprint density at radius 1 is 1.33 bits per heavy atom. The van der Waals surface area contributed by atoms with E-state index in [1.807, 2.05) is 6.07 Å². The number of halogens is 1. The van der Waals surface area contributed by atoms with Crippen molar-refractivity contribution in [2.24, 2.45) is 0 Å². The lowest BCUT2D eigenvalue weighted by Crippen LogP contribution is -2.21. The van der Waals surface area contributed by atoms with Gasteiger partial charge in [-0.25, -0.2) is 0 Å². The van der Waals surface area contributed by atoms with Crippen LogP contribution in [0.2, 0.25) is 0 Å². The number of carbonyl (C=O) groups is 1. The summed E-state index contributed by atoms with van der Waals surface area (Å²) in [6.45, 7) is 5.31. The van der Waals surface area contributed by atoms with E-state index >= 15 is 0 Å². The molecule has 1 aliphatic carbocycles. The van der Waals surface area contributed by atoms with Crippen LogP contribution in [-0.4, -0.2) is 24.3 Å². The Morgan fingerprint density at radius 3 is 2.48 bits per heavy atom. The largest absolute Gasteiger partial charge is 0.486 e. The Bertz CT molecular complexity index is 590. The molecule has 21 heavy (non-hydrogen) atoms. The van der Waals surface area contributed by atoms with Crippen LogP contribution in [0, 0.1) is 0 Å². The van der Waals surface area contributed by atoms with Crippen molar-refractivity contribution < 1.29 is 19.4 Å². The van der Waals surface area contributed by atoms with Gasteiger partial charge in [0.15, 0.2) is 11.5 Å². The fraction of sp³-hybridized carbons (Fsp3) is 0.562. The fourth-order valence-electron chi connectivity index (χ4n) is 3.18. The minimum atomic E-state index is -0.742. The van der Waals surface area contributed by atoms with Gasteiger partial charge in [-0.1, -0.05) is 13.8 Å². The zero-order valence-corrected chi connectivity index (χ0v) is 13.8. The number of fused-ring (bicyclic) bond motifs is 1. The molecule has 1 aromatic rings. The van der Waals surface area contributed by atoms with E-state index in [0.29, 0.717) is 13.2 Å². The van der Waals surface area contributed by atoms with Gasteiger partial charge in [-0.15, -0.1) is 0 Å². The minimum Gasteiger partial charge on any atom is -0.486 e. The van der Waals surface area contributed by atoms with Gasteiger partial charge in [0.1, 0.15) is 13.2 Å². The second kappa shape index (κ2) is 5.20. The van der Waals surface area contributed by atoms with E-state index in [0.717, 1.165) is 39.9 Å². The summed E-state index contributed by atoms with van der Waals surface area (Å²) in [4.78, 5) is 11.2. The molecule has 114 valence electrons. The van der Waals surface area contributed by atoms with Crippen molar-refractivity contribution in [2.45, 2.75) is 44.4 Å². The molecule has 0 unspecified atom stereocenters. The molecular weight excluding hydrogens is 336 g/mol. The number of ether oxygens (including phenoxy) is 2. The highest BCUT2D eigenvalue weighted by Gasteiger charge is 2.48. The van der Waals surface area contributed by atoms with E-state index in [-0.39, 0.29) is 17.8 Å². The van der Waals surface area contributed by atoms with Gasteiger partial charge in [0.05, 0.1) is 10.9 Å². The van der Waals surface area contributed by atoms with Crippen LogP contribution in [0.5, 0.6) is 11.5 Å². The number of carboxylic acid groups (broad SMARTS) is 1. The number of aliphatic carboxylic acids is 1. The molecule has 0 spiro atoms. The van der Waals surface area contributed by atoms with Gasteiger partial charge in [0.2, 0.25) is 0 Å². The monoisotopic (exact) mass is 354 g/mol. The first kappa shape index (κ1) is 14.7. The highest BCUT2D eigenvalue weighted by molar-refractivity contribution is 9.10. The summed E-state index contributed by atoms with van der Waals surface area (Å²) in [6.07, 6.45) is 2.02. The van der Waals surface area contributed by atoms with E-state index in [2.05, 4.69) is 29.8 Å². The molecule has 0 aromatic heterocycles. The van der Waals surface area contributed by atoms with Crippen molar-refractivity contribution in [3.05, 3.63) is 21.7 Å². The molecule has 1 heterocycles. The van der Waals surface area contributed by atoms with Gasteiger partial charge < -0.3 is 14.6 Å². The molecule has 0 radical (unpaired) electrons. The van der Waals surface area contributed by atoms with Crippen molar-refractivity contribution in [1.82, 2.24) is 0 Å². The van der Waals surface area contributed by atoms with Gasteiger partial charge in [0, 0.05) is 11.0 Å². The molecule has 1 saturated carbocycles. The number of hydrogen-bond donors (Lipinski definition) is 1. The van der Waals surface area contributed by atoms with Gasteiger partial charge in [0.25, 0.3) is 0 Å². The Kier molecular flexibility index (Phi) is 3.64. The zero-order chi connectivity index (χ0) is 15.2. The highest BCUT2D eigenvalue weighted by Crippen LogP contribution is 2.57. The summed E-state index contributed by atoms with van der Waals surface area (Å²) < 4.78 is 12.4. The first-order valence-corrected chi connectivity index (χ1v) is 8.08. The lowest BCUT2D eigenvalue weighted by molar-refractivity contribution is -0.137. The molecule has 0 saturated heterocycles. The quantitative estimate of drug-likeness (QED) is 0.891. The standard InChI is InChI=1S/C16H19BrO4/c1-9(2)13-10(16(3-4-16)8-12(18)19)7-11(17)14-15(13)21-6-5-20-14/h7,9H,3-6,8H2,1-2H3,(H,18,19). The number of hydrogen-bond acceptors (Lipinski definition) is 3. The molecule has 5 heteroatoms. The number of carboxylic acids is 1. The van der Waals surface area contributed by atoms with Crippen LogP contribution in [0.25, 0.3) is 0 Å². The Hall–Kier alpha value is -1.23. The first-order chi connectivity index (χ1) is 9.94. The van der Waals surface area contributed by atoms with Gasteiger partial charge in [-0.2, -0.15) is 0 Å². The van der Waals surface area contributed by atoms with Crippen molar-refractivity contribution in [2.75, 3.05) is 13.2 Å². The number of benzene rings is 1. The van der Waals surface area contributed by atoms with Crippen molar-refractivity contribution in [3.63, 3.8) is 0 Å². The van der Waals surface area contributed by atoms with Crippen LogP contribution in [0.4, 0.5) is 0 Å². The third-order valence-electron chi connectivity index (χ3n) is 4.30. The SMILES string of the molecule is CC(C)c1c(C2(CC(=O)O)CC2)cc(Br)c2c1OCCO2. The fourth-order valence-corrected chi connectivity index (χ4v) is 3.71. The van der Waals surface area contributed by atoms with Gasteiger partial charge in [-0.05, 0) is 46.3 Å². The van der Waals surface area contributed by atoms with Crippen LogP contribution in [0.1, 0.15) is 50.2 Å². The predicted molar refractivity (Wildman–Crippen MR) is 82.4 cm³/mol. The molecule has 1 fully saturated rings. The maximum Gasteiger partial charge on any atom is 0.304 e. The van der Waals surface area contributed by atoms with E-state index < -0.39 is 5.97 Å². The molecule has 4 nitrogen and oxygen atoms in total. The average molecular weight is 355 g/mol. The van der Waals surface area contributed by atoms with Crippen molar-refractivity contribution in [1.29, 1.82) is 0 Å². The molecule has 3 rings (SSSR count). The van der Waals surface area contributed by atoms with Crippen LogP contribution in [0.3, 0.4) is 0 Å². The lowest BCUT2D eigenvalue weighted by Gasteiger charge is -2.28. The van der Waals surface area contributed by atoms with E-state index in [4.69, 9.17) is 9.47 Å². The van der Waals surface area contributed by atoms with Crippen LogP contribution in [0.15, 0.2) is 10.5 Å². The molecular formula is C16H19BrO4. The van der Waals surface area contributed by atoms with Crippen LogP contribution in [-0.2, 0) is 10.2 Å². The van der Waals surface area contributed by atoms with Crippen LogP contribution < -0.4 is 9.47 Å². The minimum absolute atomic E-state index is 0.179. The van der Waals surface area contributed by atoms with Crippen molar-refractivity contribution >= 4 is 21.9 Å². The van der Waals surface area contributed by atoms with E-state index in [9.17, 15) is 9.90 Å². The third-order valence-corrected chi connectivity index (χ3v) is 4.89. The normalized spacial score (nSPS) is 18.7. The molecule has 1 aliphatic heterocycles. The Labute approximate surface area is 132 Å². The summed E-state index contributed by atoms with van der Waals surface area (Å²) >= 11 is 3.55. The molecule has 1 aromatic carbocycles.